The predicted molar refractivity (Wildman–Crippen MR) is 73.2 cm³/mol. The first-order valence-electron chi connectivity index (χ1n) is 6.73. The highest BCUT2D eigenvalue weighted by Crippen LogP contribution is 2.35. The van der Waals surface area contributed by atoms with Crippen LogP contribution >= 0.6 is 11.6 Å². The Morgan fingerprint density at radius 1 is 1.40 bits per heavy atom. The standard InChI is InChI=1S/C14H18ClNO4/c1-17-14(2-3-18-9-14)12-4-11(5-13(15)16-12)20-8-10-6-19-7-10/h4-5,10H,2-3,6-9H2,1H3/t14-/m1/s1. The number of hydrogen-bond acceptors (Lipinski definition) is 5. The number of halogens is 1. The van der Waals surface area contributed by atoms with Crippen LogP contribution < -0.4 is 4.74 Å². The molecule has 0 N–H and O–H groups in total. The van der Waals surface area contributed by atoms with Crippen molar-refractivity contribution in [3.05, 3.63) is 23.0 Å². The van der Waals surface area contributed by atoms with Gasteiger partial charge in [-0.3, -0.25) is 0 Å². The zero-order valence-electron chi connectivity index (χ0n) is 11.4. The zero-order valence-corrected chi connectivity index (χ0v) is 12.2. The van der Waals surface area contributed by atoms with Crippen molar-refractivity contribution in [3.8, 4) is 5.75 Å². The topological polar surface area (TPSA) is 49.8 Å². The number of hydrogen-bond donors (Lipinski definition) is 0. The van der Waals surface area contributed by atoms with E-state index in [1.54, 1.807) is 13.2 Å². The van der Waals surface area contributed by atoms with E-state index in [1.807, 2.05) is 6.07 Å². The van der Waals surface area contributed by atoms with Gasteiger partial charge in [0.25, 0.3) is 0 Å². The molecule has 2 aliphatic heterocycles. The Morgan fingerprint density at radius 3 is 2.85 bits per heavy atom. The highest BCUT2D eigenvalue weighted by molar-refractivity contribution is 6.29. The Labute approximate surface area is 123 Å². The predicted octanol–water partition coefficient (Wildman–Crippen LogP) is 2.02. The van der Waals surface area contributed by atoms with E-state index in [1.165, 1.54) is 0 Å². The molecule has 0 aliphatic carbocycles. The van der Waals surface area contributed by atoms with Gasteiger partial charge in [-0.25, -0.2) is 4.98 Å². The molecule has 0 bridgehead atoms. The summed E-state index contributed by atoms with van der Waals surface area (Å²) in [5.41, 5.74) is 0.257. The normalized spacial score (nSPS) is 26.5. The first-order chi connectivity index (χ1) is 9.72. The summed E-state index contributed by atoms with van der Waals surface area (Å²) in [5.74, 6) is 1.19. The van der Waals surface area contributed by atoms with E-state index in [2.05, 4.69) is 4.98 Å². The van der Waals surface area contributed by atoms with E-state index >= 15 is 0 Å². The lowest BCUT2D eigenvalue weighted by atomic mass is 9.98. The molecule has 110 valence electrons. The summed E-state index contributed by atoms with van der Waals surface area (Å²) in [6, 6.07) is 3.62. The number of ether oxygens (including phenoxy) is 4. The summed E-state index contributed by atoms with van der Waals surface area (Å²) < 4.78 is 22.0. The van der Waals surface area contributed by atoms with E-state index in [4.69, 9.17) is 30.5 Å². The van der Waals surface area contributed by atoms with Crippen molar-refractivity contribution in [2.45, 2.75) is 12.0 Å². The van der Waals surface area contributed by atoms with Crippen molar-refractivity contribution >= 4 is 11.6 Å². The number of nitrogens with zero attached hydrogens (tertiary/aromatic N) is 1. The molecule has 1 aromatic rings. The summed E-state index contributed by atoms with van der Waals surface area (Å²) in [6.45, 7) is 3.32. The molecule has 0 radical (unpaired) electrons. The fourth-order valence-electron chi connectivity index (χ4n) is 2.40. The summed E-state index contributed by atoms with van der Waals surface area (Å²) in [4.78, 5) is 4.38. The molecule has 0 saturated carbocycles. The molecule has 20 heavy (non-hydrogen) atoms. The van der Waals surface area contributed by atoms with Gasteiger partial charge in [-0.15, -0.1) is 0 Å². The smallest absolute Gasteiger partial charge is 0.135 e. The van der Waals surface area contributed by atoms with E-state index in [0.717, 1.165) is 31.1 Å². The van der Waals surface area contributed by atoms with Gasteiger partial charge in [0.1, 0.15) is 16.5 Å². The molecule has 0 aromatic carbocycles. The zero-order chi connectivity index (χ0) is 14.0. The summed E-state index contributed by atoms with van der Waals surface area (Å²) in [6.07, 6.45) is 0.771. The van der Waals surface area contributed by atoms with Crippen molar-refractivity contribution in [2.75, 3.05) is 40.1 Å². The summed E-state index contributed by atoms with van der Waals surface area (Å²) in [7, 11) is 1.67. The lowest BCUT2D eigenvalue weighted by Gasteiger charge is -2.27. The molecule has 3 heterocycles. The molecule has 0 spiro atoms. The molecule has 5 nitrogen and oxygen atoms in total. The first kappa shape index (κ1) is 14.1. The van der Waals surface area contributed by atoms with Crippen molar-refractivity contribution in [1.29, 1.82) is 0 Å². The maximum atomic E-state index is 6.10. The Bertz CT molecular complexity index is 472. The third-order valence-corrected chi connectivity index (χ3v) is 4.00. The number of pyridine rings is 1. The van der Waals surface area contributed by atoms with Crippen molar-refractivity contribution < 1.29 is 18.9 Å². The maximum absolute atomic E-state index is 6.10. The van der Waals surface area contributed by atoms with Gasteiger partial charge in [0, 0.05) is 38.2 Å². The number of aromatic nitrogens is 1. The van der Waals surface area contributed by atoms with Crippen LogP contribution in [0, 0.1) is 5.92 Å². The van der Waals surface area contributed by atoms with Crippen LogP contribution in [0.15, 0.2) is 12.1 Å². The van der Waals surface area contributed by atoms with Crippen LogP contribution in [0.5, 0.6) is 5.75 Å². The van der Waals surface area contributed by atoms with Crippen molar-refractivity contribution in [2.24, 2.45) is 5.92 Å². The minimum absolute atomic E-state index is 0.408. The molecular weight excluding hydrogens is 282 g/mol. The summed E-state index contributed by atoms with van der Waals surface area (Å²) in [5, 5.41) is 0.408. The van der Waals surface area contributed by atoms with Crippen LogP contribution in [0.4, 0.5) is 0 Å². The van der Waals surface area contributed by atoms with Gasteiger partial charge < -0.3 is 18.9 Å². The van der Waals surface area contributed by atoms with Crippen LogP contribution in [0.25, 0.3) is 0 Å². The molecule has 6 heteroatoms. The van der Waals surface area contributed by atoms with Crippen molar-refractivity contribution in [1.82, 2.24) is 4.98 Å². The lowest BCUT2D eigenvalue weighted by molar-refractivity contribution is -0.0510. The second kappa shape index (κ2) is 5.85. The molecule has 2 saturated heterocycles. The molecule has 2 aliphatic rings. The van der Waals surface area contributed by atoms with Gasteiger partial charge in [-0.2, -0.15) is 0 Å². The second-order valence-electron chi connectivity index (χ2n) is 5.23. The van der Waals surface area contributed by atoms with Crippen LogP contribution in [0.3, 0.4) is 0 Å². The largest absolute Gasteiger partial charge is 0.493 e. The second-order valence-corrected chi connectivity index (χ2v) is 5.61. The Kier molecular flexibility index (Phi) is 4.12. The van der Waals surface area contributed by atoms with Crippen LogP contribution in [-0.4, -0.2) is 45.1 Å². The molecule has 0 unspecified atom stereocenters. The van der Waals surface area contributed by atoms with Crippen LogP contribution in [-0.2, 0) is 19.8 Å². The monoisotopic (exact) mass is 299 g/mol. The van der Waals surface area contributed by atoms with E-state index < -0.39 is 5.60 Å². The van der Waals surface area contributed by atoms with Crippen molar-refractivity contribution in [3.63, 3.8) is 0 Å². The van der Waals surface area contributed by atoms with Gasteiger partial charge in [-0.05, 0) is 0 Å². The van der Waals surface area contributed by atoms with Crippen LogP contribution in [0.1, 0.15) is 12.1 Å². The van der Waals surface area contributed by atoms with E-state index in [-0.39, 0.29) is 0 Å². The molecule has 2 fully saturated rings. The third-order valence-electron chi connectivity index (χ3n) is 3.80. The SMILES string of the molecule is CO[C@]1(c2cc(OCC3COC3)cc(Cl)n2)CCOC1. The highest BCUT2D eigenvalue weighted by atomic mass is 35.5. The minimum atomic E-state index is -0.511. The Morgan fingerprint density at radius 2 is 2.25 bits per heavy atom. The highest BCUT2D eigenvalue weighted by Gasteiger charge is 2.39. The van der Waals surface area contributed by atoms with Gasteiger partial charge >= 0.3 is 0 Å². The Balaban J connectivity index is 1.78. The fourth-order valence-corrected chi connectivity index (χ4v) is 2.60. The number of rotatable bonds is 5. The molecule has 1 atom stereocenters. The molecule has 0 amide bonds. The van der Waals surface area contributed by atoms with E-state index in [0.29, 0.717) is 30.9 Å². The van der Waals surface area contributed by atoms with Gasteiger partial charge in [0.15, 0.2) is 0 Å². The number of methoxy groups -OCH3 is 1. The third kappa shape index (κ3) is 2.76. The quantitative estimate of drug-likeness (QED) is 0.779. The molecular formula is C14H18ClNO4. The first-order valence-corrected chi connectivity index (χ1v) is 7.11. The minimum Gasteiger partial charge on any atom is -0.493 e. The van der Waals surface area contributed by atoms with Crippen LogP contribution in [0.2, 0.25) is 5.15 Å². The molecule has 3 rings (SSSR count). The summed E-state index contributed by atoms with van der Waals surface area (Å²) >= 11 is 6.10. The average molecular weight is 300 g/mol. The van der Waals surface area contributed by atoms with Gasteiger partial charge in [0.05, 0.1) is 32.1 Å². The Hall–Kier alpha value is -0.880. The molecule has 1 aromatic heterocycles. The maximum Gasteiger partial charge on any atom is 0.135 e. The van der Waals surface area contributed by atoms with Gasteiger partial charge in [-0.1, -0.05) is 11.6 Å². The average Bonchev–Trinajstić information content (AvgIpc) is 2.86. The van der Waals surface area contributed by atoms with Gasteiger partial charge in [0.2, 0.25) is 0 Å². The lowest BCUT2D eigenvalue weighted by Crippen LogP contribution is -2.33. The van der Waals surface area contributed by atoms with E-state index in [9.17, 15) is 0 Å². The fraction of sp³-hybridized carbons (Fsp3) is 0.643.